The maximum Gasteiger partial charge on any atom is 0.118 e. The molecule has 1 aromatic heterocycles. The van der Waals surface area contributed by atoms with Crippen LogP contribution in [-0.4, -0.2) is 28.5 Å². The van der Waals surface area contributed by atoms with Crippen molar-refractivity contribution in [2.45, 2.75) is 38.8 Å². The van der Waals surface area contributed by atoms with Gasteiger partial charge in [0.25, 0.3) is 0 Å². The van der Waals surface area contributed by atoms with Gasteiger partial charge in [0.05, 0.1) is 18.9 Å². The van der Waals surface area contributed by atoms with Crippen LogP contribution in [0.3, 0.4) is 0 Å². The van der Waals surface area contributed by atoms with Crippen LogP contribution in [0.5, 0.6) is 5.75 Å². The zero-order valence-corrected chi connectivity index (χ0v) is 14.6. The van der Waals surface area contributed by atoms with Gasteiger partial charge in [0, 0.05) is 37.3 Å². The Morgan fingerprint density at radius 1 is 1.26 bits per heavy atom. The van der Waals surface area contributed by atoms with Crippen molar-refractivity contribution in [2.75, 3.05) is 13.7 Å². The average molecular weight is 317 g/mol. The molecule has 5 heteroatoms. The van der Waals surface area contributed by atoms with Crippen LogP contribution in [0.1, 0.15) is 43.7 Å². The molecule has 0 aliphatic heterocycles. The summed E-state index contributed by atoms with van der Waals surface area (Å²) in [5.74, 6) is 0.791. The Hall–Kier alpha value is -1.85. The van der Waals surface area contributed by atoms with Gasteiger partial charge >= 0.3 is 0 Å². The zero-order chi connectivity index (χ0) is 17.0. The van der Waals surface area contributed by atoms with Crippen molar-refractivity contribution >= 4 is 0 Å². The minimum absolute atomic E-state index is 0.00682. The van der Waals surface area contributed by atoms with Crippen LogP contribution in [0.25, 0.3) is 0 Å². The topological polar surface area (TPSA) is 59.3 Å². The summed E-state index contributed by atoms with van der Waals surface area (Å²) >= 11 is 0. The first-order chi connectivity index (χ1) is 10.8. The van der Waals surface area contributed by atoms with Gasteiger partial charge in [-0.05, 0) is 17.7 Å². The molecule has 0 bridgehead atoms. The van der Waals surface area contributed by atoms with Crippen molar-refractivity contribution in [2.24, 2.45) is 7.05 Å². The van der Waals surface area contributed by atoms with E-state index in [1.54, 1.807) is 7.11 Å². The SMILES string of the molecule is COc1ccc(C(O)CNCc2cn(C)nc2C(C)(C)C)cc1. The molecule has 2 rings (SSSR count). The maximum atomic E-state index is 10.3. The third-order valence-electron chi connectivity index (χ3n) is 3.77. The highest BCUT2D eigenvalue weighted by Gasteiger charge is 2.21. The molecule has 0 fully saturated rings. The zero-order valence-electron chi connectivity index (χ0n) is 14.6. The van der Waals surface area contributed by atoms with E-state index in [1.165, 1.54) is 5.56 Å². The third kappa shape index (κ3) is 4.56. The Balaban J connectivity index is 1.94. The lowest BCUT2D eigenvalue weighted by molar-refractivity contribution is 0.174. The van der Waals surface area contributed by atoms with Crippen molar-refractivity contribution in [3.63, 3.8) is 0 Å². The summed E-state index contributed by atoms with van der Waals surface area (Å²) in [4.78, 5) is 0. The predicted octanol–water partition coefficient (Wildman–Crippen LogP) is 2.55. The first kappa shape index (κ1) is 17.5. The van der Waals surface area contributed by atoms with Crippen LogP contribution in [0.15, 0.2) is 30.5 Å². The highest BCUT2D eigenvalue weighted by Crippen LogP contribution is 2.24. The number of hydrogen-bond donors (Lipinski definition) is 2. The van der Waals surface area contributed by atoms with Gasteiger partial charge < -0.3 is 15.2 Å². The molecule has 1 unspecified atom stereocenters. The highest BCUT2D eigenvalue weighted by atomic mass is 16.5. The van der Waals surface area contributed by atoms with Gasteiger partial charge in [-0.25, -0.2) is 0 Å². The summed E-state index contributed by atoms with van der Waals surface area (Å²) < 4.78 is 6.97. The standard InChI is InChI=1S/C18H27N3O2/c1-18(2,3)17-14(12-21(4)20-17)10-19-11-16(22)13-6-8-15(23-5)9-7-13/h6-9,12,16,19,22H,10-11H2,1-5H3. The van der Waals surface area contributed by atoms with E-state index < -0.39 is 6.10 Å². The molecule has 0 spiro atoms. The van der Waals surface area contributed by atoms with Crippen molar-refractivity contribution in [1.29, 1.82) is 0 Å². The van der Waals surface area contributed by atoms with Crippen LogP contribution >= 0.6 is 0 Å². The number of benzene rings is 1. The quantitative estimate of drug-likeness (QED) is 0.859. The van der Waals surface area contributed by atoms with Gasteiger partial charge in [0.1, 0.15) is 5.75 Å². The van der Waals surface area contributed by atoms with Gasteiger partial charge in [0.15, 0.2) is 0 Å². The molecule has 1 aromatic carbocycles. The number of aryl methyl sites for hydroxylation is 1. The Morgan fingerprint density at radius 3 is 2.48 bits per heavy atom. The van der Waals surface area contributed by atoms with Crippen LogP contribution in [-0.2, 0) is 19.0 Å². The number of aliphatic hydroxyl groups excluding tert-OH is 1. The molecule has 23 heavy (non-hydrogen) atoms. The van der Waals surface area contributed by atoms with Crippen molar-refractivity contribution in [1.82, 2.24) is 15.1 Å². The molecule has 0 saturated carbocycles. The summed E-state index contributed by atoms with van der Waals surface area (Å²) in [5, 5.41) is 18.1. The Kier molecular flexibility index (Phi) is 5.44. The summed E-state index contributed by atoms with van der Waals surface area (Å²) in [6, 6.07) is 7.49. The molecule has 5 nitrogen and oxygen atoms in total. The second kappa shape index (κ2) is 7.15. The summed E-state index contributed by atoms with van der Waals surface area (Å²) in [6.07, 6.45) is 1.49. The van der Waals surface area contributed by atoms with Gasteiger partial charge in [-0.15, -0.1) is 0 Å². The predicted molar refractivity (Wildman–Crippen MR) is 91.6 cm³/mol. The van der Waals surface area contributed by atoms with Gasteiger partial charge in [-0.1, -0.05) is 32.9 Å². The monoisotopic (exact) mass is 317 g/mol. The van der Waals surface area contributed by atoms with E-state index in [0.29, 0.717) is 13.1 Å². The van der Waals surface area contributed by atoms with Gasteiger partial charge in [-0.2, -0.15) is 5.10 Å². The third-order valence-corrected chi connectivity index (χ3v) is 3.77. The fraction of sp³-hybridized carbons (Fsp3) is 0.500. The number of nitrogens with one attached hydrogen (secondary N) is 1. The molecule has 0 aliphatic rings. The molecular weight excluding hydrogens is 290 g/mol. The highest BCUT2D eigenvalue weighted by molar-refractivity contribution is 5.28. The largest absolute Gasteiger partial charge is 0.497 e. The Labute approximate surface area is 138 Å². The van der Waals surface area contributed by atoms with E-state index in [9.17, 15) is 5.11 Å². The average Bonchev–Trinajstić information content (AvgIpc) is 2.88. The molecule has 2 aromatic rings. The van der Waals surface area contributed by atoms with Crippen LogP contribution in [0, 0.1) is 0 Å². The first-order valence-electron chi connectivity index (χ1n) is 7.87. The number of methoxy groups -OCH3 is 1. The summed E-state index contributed by atoms with van der Waals surface area (Å²) in [5.41, 5.74) is 3.14. The molecule has 1 heterocycles. The van der Waals surface area contributed by atoms with Crippen molar-refractivity contribution in [3.05, 3.63) is 47.3 Å². The van der Waals surface area contributed by atoms with Crippen molar-refractivity contribution in [3.8, 4) is 5.75 Å². The van der Waals surface area contributed by atoms with E-state index in [-0.39, 0.29) is 5.41 Å². The second-order valence-electron chi connectivity index (χ2n) is 6.85. The molecule has 0 radical (unpaired) electrons. The number of nitrogens with zero attached hydrogens (tertiary/aromatic N) is 2. The lowest BCUT2D eigenvalue weighted by Gasteiger charge is -2.18. The Morgan fingerprint density at radius 2 is 1.91 bits per heavy atom. The molecule has 0 saturated heterocycles. The van der Waals surface area contributed by atoms with E-state index in [2.05, 4.69) is 31.2 Å². The molecule has 1 atom stereocenters. The van der Waals surface area contributed by atoms with E-state index in [0.717, 1.165) is 17.0 Å². The smallest absolute Gasteiger partial charge is 0.118 e. The van der Waals surface area contributed by atoms with Crippen LogP contribution < -0.4 is 10.1 Å². The van der Waals surface area contributed by atoms with Crippen molar-refractivity contribution < 1.29 is 9.84 Å². The first-order valence-corrected chi connectivity index (χ1v) is 7.87. The lowest BCUT2D eigenvalue weighted by Crippen LogP contribution is -2.23. The Bertz CT molecular complexity index is 627. The molecular formula is C18H27N3O2. The number of aromatic nitrogens is 2. The van der Waals surface area contributed by atoms with Crippen LogP contribution in [0.2, 0.25) is 0 Å². The normalized spacial score (nSPS) is 13.1. The fourth-order valence-electron chi connectivity index (χ4n) is 2.59. The molecule has 0 aliphatic carbocycles. The molecule has 126 valence electrons. The van der Waals surface area contributed by atoms with E-state index in [1.807, 2.05) is 42.2 Å². The number of aliphatic hydroxyl groups is 1. The van der Waals surface area contributed by atoms with Crippen LogP contribution in [0.4, 0.5) is 0 Å². The second-order valence-corrected chi connectivity index (χ2v) is 6.85. The number of hydrogen-bond acceptors (Lipinski definition) is 4. The fourth-order valence-corrected chi connectivity index (χ4v) is 2.59. The summed E-state index contributed by atoms with van der Waals surface area (Å²) in [7, 11) is 3.57. The maximum absolute atomic E-state index is 10.3. The van der Waals surface area contributed by atoms with E-state index >= 15 is 0 Å². The number of rotatable bonds is 6. The van der Waals surface area contributed by atoms with Gasteiger partial charge in [-0.3, -0.25) is 4.68 Å². The minimum Gasteiger partial charge on any atom is -0.497 e. The van der Waals surface area contributed by atoms with Gasteiger partial charge in [0.2, 0.25) is 0 Å². The lowest BCUT2D eigenvalue weighted by atomic mass is 9.89. The van der Waals surface area contributed by atoms with E-state index in [4.69, 9.17) is 4.74 Å². The summed E-state index contributed by atoms with van der Waals surface area (Å²) in [6.45, 7) is 7.65. The number of ether oxygens (including phenoxy) is 1. The minimum atomic E-state index is -0.546. The molecule has 2 N–H and O–H groups in total. The molecule has 0 amide bonds.